The van der Waals surface area contributed by atoms with E-state index in [2.05, 4.69) is 5.10 Å². The van der Waals surface area contributed by atoms with E-state index in [0.717, 1.165) is 5.69 Å². The van der Waals surface area contributed by atoms with Gasteiger partial charge in [0, 0.05) is 38.8 Å². The van der Waals surface area contributed by atoms with Crippen LogP contribution in [0.2, 0.25) is 0 Å². The molecule has 0 aliphatic carbocycles. The van der Waals surface area contributed by atoms with Gasteiger partial charge in [0.2, 0.25) is 5.91 Å². The van der Waals surface area contributed by atoms with Gasteiger partial charge in [0.25, 0.3) is 0 Å². The Hall–Kier alpha value is -1.40. The predicted octanol–water partition coefficient (Wildman–Crippen LogP) is -0.125. The van der Waals surface area contributed by atoms with Crippen molar-refractivity contribution in [2.24, 2.45) is 5.92 Å². The first-order valence-electron chi connectivity index (χ1n) is 5.67. The molecule has 1 unspecified atom stereocenters. The molecule has 6 nitrogen and oxygen atoms in total. The smallest absolute Gasteiger partial charge is 0.227 e. The standard InChI is InChI=1S/C11H17N3O3/c1-17-3-2-13-7-10(5-12-13)14-6-9(8-15)4-11(14)16/h5,7,9,15H,2-4,6,8H2,1H3. The quantitative estimate of drug-likeness (QED) is 0.777. The van der Waals surface area contributed by atoms with Gasteiger partial charge in [-0.2, -0.15) is 5.10 Å². The largest absolute Gasteiger partial charge is 0.396 e. The maximum atomic E-state index is 11.7. The average molecular weight is 239 g/mol. The summed E-state index contributed by atoms with van der Waals surface area (Å²) in [5, 5.41) is 13.2. The Morgan fingerprint density at radius 2 is 2.47 bits per heavy atom. The summed E-state index contributed by atoms with van der Waals surface area (Å²) in [6.07, 6.45) is 3.92. The fraction of sp³-hybridized carbons (Fsp3) is 0.636. The zero-order chi connectivity index (χ0) is 12.3. The maximum absolute atomic E-state index is 11.7. The van der Waals surface area contributed by atoms with E-state index >= 15 is 0 Å². The summed E-state index contributed by atoms with van der Waals surface area (Å²) in [6.45, 7) is 1.89. The molecule has 0 aromatic carbocycles. The Balaban J connectivity index is 2.02. The number of aliphatic hydroxyl groups excluding tert-OH is 1. The number of nitrogens with zero attached hydrogens (tertiary/aromatic N) is 3. The lowest BCUT2D eigenvalue weighted by molar-refractivity contribution is -0.117. The number of methoxy groups -OCH3 is 1. The molecular formula is C11H17N3O3. The van der Waals surface area contributed by atoms with Crippen LogP contribution < -0.4 is 4.90 Å². The summed E-state index contributed by atoms with van der Waals surface area (Å²) in [7, 11) is 1.64. The minimum atomic E-state index is 0.0461. The van der Waals surface area contributed by atoms with Crippen LogP contribution in [0.25, 0.3) is 0 Å². The van der Waals surface area contributed by atoms with E-state index in [-0.39, 0.29) is 18.4 Å². The van der Waals surface area contributed by atoms with Crippen molar-refractivity contribution in [3.8, 4) is 0 Å². The van der Waals surface area contributed by atoms with E-state index in [9.17, 15) is 4.79 Å². The molecule has 0 radical (unpaired) electrons. The highest BCUT2D eigenvalue weighted by molar-refractivity contribution is 5.95. The van der Waals surface area contributed by atoms with Gasteiger partial charge < -0.3 is 14.7 Å². The minimum Gasteiger partial charge on any atom is -0.396 e. The van der Waals surface area contributed by atoms with E-state index < -0.39 is 0 Å². The zero-order valence-electron chi connectivity index (χ0n) is 9.87. The van der Waals surface area contributed by atoms with Crippen molar-refractivity contribution in [1.82, 2.24) is 9.78 Å². The fourth-order valence-electron chi connectivity index (χ4n) is 1.95. The molecule has 1 aromatic rings. The number of hydrogen-bond acceptors (Lipinski definition) is 4. The van der Waals surface area contributed by atoms with Crippen LogP contribution in [0.5, 0.6) is 0 Å². The van der Waals surface area contributed by atoms with Gasteiger partial charge in [0.15, 0.2) is 0 Å². The second-order valence-electron chi connectivity index (χ2n) is 4.21. The van der Waals surface area contributed by atoms with Crippen molar-refractivity contribution in [3.63, 3.8) is 0 Å². The van der Waals surface area contributed by atoms with Gasteiger partial charge >= 0.3 is 0 Å². The van der Waals surface area contributed by atoms with Crippen LogP contribution in [0.3, 0.4) is 0 Å². The molecule has 2 heterocycles. The number of carbonyl (C=O) groups excluding carboxylic acids is 1. The van der Waals surface area contributed by atoms with E-state index in [1.807, 2.05) is 6.20 Å². The number of carbonyl (C=O) groups is 1. The molecule has 0 saturated carbocycles. The summed E-state index contributed by atoms with van der Waals surface area (Å²) < 4.78 is 6.71. The molecule has 1 fully saturated rings. The van der Waals surface area contributed by atoms with E-state index in [1.165, 1.54) is 0 Å². The van der Waals surface area contributed by atoms with Crippen molar-refractivity contribution >= 4 is 11.6 Å². The Kier molecular flexibility index (Phi) is 3.75. The molecule has 1 amide bonds. The van der Waals surface area contributed by atoms with Crippen LogP contribution >= 0.6 is 0 Å². The van der Waals surface area contributed by atoms with Gasteiger partial charge in [-0.15, -0.1) is 0 Å². The second-order valence-corrected chi connectivity index (χ2v) is 4.21. The normalized spacial score (nSPS) is 20.2. The highest BCUT2D eigenvalue weighted by atomic mass is 16.5. The topological polar surface area (TPSA) is 67.6 Å². The number of amides is 1. The van der Waals surface area contributed by atoms with Crippen LogP contribution in [0.15, 0.2) is 12.4 Å². The molecule has 1 atom stereocenters. The van der Waals surface area contributed by atoms with Gasteiger partial charge in [-0.1, -0.05) is 0 Å². The number of hydrogen-bond donors (Lipinski definition) is 1. The van der Waals surface area contributed by atoms with Crippen molar-refractivity contribution < 1.29 is 14.6 Å². The number of anilines is 1. The van der Waals surface area contributed by atoms with Crippen LogP contribution in [0.1, 0.15) is 6.42 Å². The summed E-state index contributed by atoms with van der Waals surface area (Å²) in [5.74, 6) is 0.0974. The first kappa shape index (κ1) is 12.1. The van der Waals surface area contributed by atoms with Gasteiger partial charge in [0.05, 0.1) is 25.0 Å². The number of aliphatic hydroxyl groups is 1. The van der Waals surface area contributed by atoms with Gasteiger partial charge in [-0.25, -0.2) is 0 Å². The molecule has 2 rings (SSSR count). The zero-order valence-corrected chi connectivity index (χ0v) is 9.87. The molecule has 1 saturated heterocycles. The van der Waals surface area contributed by atoms with E-state index in [1.54, 1.807) is 22.9 Å². The molecule has 94 valence electrons. The predicted molar refractivity (Wildman–Crippen MR) is 61.6 cm³/mol. The summed E-state index contributed by atoms with van der Waals surface area (Å²) in [4.78, 5) is 13.4. The third kappa shape index (κ3) is 2.65. The SMILES string of the molecule is COCCn1cc(N2CC(CO)CC2=O)cn1. The molecule has 0 spiro atoms. The summed E-state index contributed by atoms with van der Waals surface area (Å²) in [5.41, 5.74) is 0.794. The van der Waals surface area contributed by atoms with Gasteiger partial charge in [-0.05, 0) is 0 Å². The Bertz CT molecular complexity index is 391. The van der Waals surface area contributed by atoms with Crippen molar-refractivity contribution in [3.05, 3.63) is 12.4 Å². The maximum Gasteiger partial charge on any atom is 0.227 e. The van der Waals surface area contributed by atoms with Gasteiger partial charge in [-0.3, -0.25) is 9.48 Å². The van der Waals surface area contributed by atoms with Crippen LogP contribution in [0.4, 0.5) is 5.69 Å². The Labute approximate surface area is 99.8 Å². The molecule has 1 aromatic heterocycles. The third-order valence-corrected chi connectivity index (χ3v) is 2.92. The number of aromatic nitrogens is 2. The third-order valence-electron chi connectivity index (χ3n) is 2.92. The molecular weight excluding hydrogens is 222 g/mol. The Morgan fingerprint density at radius 3 is 3.12 bits per heavy atom. The number of ether oxygens (including phenoxy) is 1. The Morgan fingerprint density at radius 1 is 1.65 bits per heavy atom. The van der Waals surface area contributed by atoms with E-state index in [4.69, 9.17) is 9.84 Å². The monoisotopic (exact) mass is 239 g/mol. The van der Waals surface area contributed by atoms with Crippen molar-refractivity contribution in [2.45, 2.75) is 13.0 Å². The highest BCUT2D eigenvalue weighted by Crippen LogP contribution is 2.24. The first-order chi connectivity index (χ1) is 8.24. The van der Waals surface area contributed by atoms with Crippen molar-refractivity contribution in [1.29, 1.82) is 0 Å². The highest BCUT2D eigenvalue weighted by Gasteiger charge is 2.30. The number of rotatable bonds is 5. The molecule has 1 aliphatic rings. The van der Waals surface area contributed by atoms with Crippen LogP contribution in [0, 0.1) is 5.92 Å². The first-order valence-corrected chi connectivity index (χ1v) is 5.67. The van der Waals surface area contributed by atoms with Crippen LogP contribution in [-0.4, -0.2) is 47.7 Å². The summed E-state index contributed by atoms with van der Waals surface area (Å²) in [6, 6.07) is 0. The van der Waals surface area contributed by atoms with Crippen LogP contribution in [-0.2, 0) is 16.1 Å². The van der Waals surface area contributed by atoms with Crippen molar-refractivity contribution in [2.75, 3.05) is 31.8 Å². The van der Waals surface area contributed by atoms with E-state index in [0.29, 0.717) is 26.1 Å². The fourth-order valence-corrected chi connectivity index (χ4v) is 1.95. The van der Waals surface area contributed by atoms with Gasteiger partial charge in [0.1, 0.15) is 0 Å². The molecule has 1 N–H and O–H groups in total. The lowest BCUT2D eigenvalue weighted by Gasteiger charge is -2.13. The summed E-state index contributed by atoms with van der Waals surface area (Å²) >= 11 is 0. The lowest BCUT2D eigenvalue weighted by atomic mass is 10.1. The second kappa shape index (κ2) is 5.29. The average Bonchev–Trinajstić information content (AvgIpc) is 2.92. The lowest BCUT2D eigenvalue weighted by Crippen LogP contribution is -2.24. The molecule has 6 heteroatoms. The minimum absolute atomic E-state index is 0.0461. The molecule has 0 bridgehead atoms. The molecule has 17 heavy (non-hydrogen) atoms. The molecule has 1 aliphatic heterocycles.